The molecule has 1 aliphatic rings. The fourth-order valence-corrected chi connectivity index (χ4v) is 3.08. The Morgan fingerprint density at radius 3 is 2.32 bits per heavy atom. The summed E-state index contributed by atoms with van der Waals surface area (Å²) in [6.07, 6.45) is -5.80. The number of rotatable bonds is 3. The minimum absolute atomic E-state index is 0.0565. The normalized spacial score (nSPS) is 19.8. The van der Waals surface area contributed by atoms with E-state index in [0.717, 1.165) is 6.08 Å². The Hall–Kier alpha value is -3.16. The van der Waals surface area contributed by atoms with E-state index in [1.807, 2.05) is 0 Å². The highest BCUT2D eigenvalue weighted by Crippen LogP contribution is 2.46. The average Bonchev–Trinajstić information content (AvgIpc) is 2.60. The average molecular weight is 395 g/mol. The molecule has 3 nitrogen and oxygen atoms in total. The second-order valence-corrected chi connectivity index (χ2v) is 6.37. The lowest BCUT2D eigenvalue weighted by Crippen LogP contribution is -2.40. The molecule has 1 unspecified atom stereocenters. The number of carbonyl (C=O) groups is 1. The van der Waals surface area contributed by atoms with Crippen LogP contribution in [0.15, 0.2) is 60.4 Å². The quantitative estimate of drug-likeness (QED) is 0.713. The fraction of sp³-hybridized carbons (Fsp3) is 0.150. The number of primary amides is 1. The molecular formula is C20H14F5NO2. The van der Waals surface area contributed by atoms with E-state index in [1.54, 1.807) is 0 Å². The summed E-state index contributed by atoms with van der Waals surface area (Å²) >= 11 is 0. The topological polar surface area (TPSA) is 63.3 Å². The van der Waals surface area contributed by atoms with Crippen LogP contribution in [0.5, 0.6) is 5.75 Å². The highest BCUT2D eigenvalue weighted by atomic mass is 19.4. The van der Waals surface area contributed by atoms with Gasteiger partial charge in [-0.2, -0.15) is 13.2 Å². The van der Waals surface area contributed by atoms with Crippen molar-refractivity contribution in [3.05, 3.63) is 71.6 Å². The smallest absolute Gasteiger partial charge is 0.426 e. The molecule has 1 atom stereocenters. The molecule has 3 rings (SSSR count). The zero-order valence-electron chi connectivity index (χ0n) is 14.2. The van der Waals surface area contributed by atoms with Gasteiger partial charge in [-0.15, -0.1) is 0 Å². The molecule has 0 aliphatic heterocycles. The fourth-order valence-electron chi connectivity index (χ4n) is 3.08. The van der Waals surface area contributed by atoms with Gasteiger partial charge in [0.1, 0.15) is 11.6 Å². The van der Waals surface area contributed by atoms with E-state index in [9.17, 15) is 31.9 Å². The molecule has 0 radical (unpaired) electrons. The van der Waals surface area contributed by atoms with Crippen LogP contribution in [0.2, 0.25) is 0 Å². The van der Waals surface area contributed by atoms with Gasteiger partial charge in [-0.25, -0.2) is 8.78 Å². The minimum Gasteiger partial charge on any atom is -0.508 e. The van der Waals surface area contributed by atoms with Gasteiger partial charge in [0.25, 0.3) is 0 Å². The lowest BCUT2D eigenvalue weighted by atomic mass is 9.83. The molecule has 1 amide bonds. The third-order valence-electron chi connectivity index (χ3n) is 4.39. The van der Waals surface area contributed by atoms with Gasteiger partial charge in [0.2, 0.25) is 11.6 Å². The summed E-state index contributed by atoms with van der Waals surface area (Å²) in [5.41, 5.74) is 1.31. The van der Waals surface area contributed by atoms with Crippen molar-refractivity contribution < 1.29 is 31.9 Å². The van der Waals surface area contributed by atoms with E-state index in [2.05, 4.69) is 0 Å². The van der Waals surface area contributed by atoms with Crippen LogP contribution in [0.4, 0.5) is 22.0 Å². The number of carbonyl (C=O) groups excluding carboxylic acids is 1. The molecule has 28 heavy (non-hydrogen) atoms. The first-order chi connectivity index (χ1) is 13.0. The largest absolute Gasteiger partial charge is 0.508 e. The summed E-state index contributed by atoms with van der Waals surface area (Å²) in [5.74, 6) is -2.33. The van der Waals surface area contributed by atoms with Crippen LogP contribution in [-0.2, 0) is 0 Å². The summed E-state index contributed by atoms with van der Waals surface area (Å²) in [6, 6.07) is 9.75. The predicted molar refractivity (Wildman–Crippen MR) is 93.7 cm³/mol. The Morgan fingerprint density at radius 1 is 1.11 bits per heavy atom. The summed E-state index contributed by atoms with van der Waals surface area (Å²) in [7, 11) is 0. The van der Waals surface area contributed by atoms with E-state index < -0.39 is 35.6 Å². The number of nitrogens with two attached hydrogens (primary N) is 1. The van der Waals surface area contributed by atoms with E-state index in [4.69, 9.17) is 5.73 Å². The van der Waals surface area contributed by atoms with Crippen molar-refractivity contribution >= 4 is 11.5 Å². The molecule has 0 fully saturated rings. The molecule has 0 saturated carbocycles. The van der Waals surface area contributed by atoms with Crippen molar-refractivity contribution in [3.8, 4) is 16.9 Å². The van der Waals surface area contributed by atoms with E-state index >= 15 is 0 Å². The first kappa shape index (κ1) is 19.6. The lowest BCUT2D eigenvalue weighted by Gasteiger charge is -2.28. The highest BCUT2D eigenvalue weighted by Gasteiger charge is 2.56. The Bertz CT molecular complexity index is 993. The summed E-state index contributed by atoms with van der Waals surface area (Å²) in [6.45, 7) is 0. The van der Waals surface area contributed by atoms with Gasteiger partial charge < -0.3 is 10.8 Å². The van der Waals surface area contributed by atoms with E-state index in [1.165, 1.54) is 42.5 Å². The number of allylic oxidation sites excluding steroid dienone is 4. The maximum Gasteiger partial charge on any atom is 0.426 e. The second-order valence-electron chi connectivity index (χ2n) is 6.37. The number of alkyl halides is 4. The van der Waals surface area contributed by atoms with Crippen LogP contribution >= 0.6 is 0 Å². The zero-order valence-corrected chi connectivity index (χ0v) is 14.2. The van der Waals surface area contributed by atoms with Crippen LogP contribution in [0.1, 0.15) is 22.3 Å². The number of phenolic OH excluding ortho intramolecular Hbond substituents is 1. The van der Waals surface area contributed by atoms with Gasteiger partial charge >= 0.3 is 6.18 Å². The molecular weight excluding hydrogens is 381 g/mol. The van der Waals surface area contributed by atoms with Crippen molar-refractivity contribution in [1.82, 2.24) is 0 Å². The zero-order chi connectivity index (χ0) is 20.7. The minimum atomic E-state index is -5.34. The van der Waals surface area contributed by atoms with Gasteiger partial charge in [-0.3, -0.25) is 4.79 Å². The van der Waals surface area contributed by atoms with Gasteiger partial charge in [0.05, 0.1) is 0 Å². The number of hydrogen-bond acceptors (Lipinski definition) is 2. The molecule has 8 heteroatoms. The molecule has 2 aromatic rings. The van der Waals surface area contributed by atoms with Crippen molar-refractivity contribution in [3.63, 3.8) is 0 Å². The molecule has 0 aromatic heterocycles. The predicted octanol–water partition coefficient (Wildman–Crippen LogP) is 5.07. The lowest BCUT2D eigenvalue weighted by molar-refractivity contribution is -0.212. The van der Waals surface area contributed by atoms with Gasteiger partial charge in [-0.1, -0.05) is 24.3 Å². The Kier molecular flexibility index (Phi) is 4.74. The first-order valence-electron chi connectivity index (χ1n) is 8.09. The monoisotopic (exact) mass is 395 g/mol. The number of amides is 1. The van der Waals surface area contributed by atoms with Gasteiger partial charge in [0, 0.05) is 17.5 Å². The summed E-state index contributed by atoms with van der Waals surface area (Å²) in [4.78, 5) is 11.9. The number of aromatic hydroxyl groups is 1. The SMILES string of the molecule is NC(=O)c1cccc(-c2ccc(O)cc2)c1C1=CC(F)(C(F)(F)F)CC(F)=C1. The Labute approximate surface area is 156 Å². The summed E-state index contributed by atoms with van der Waals surface area (Å²) in [5, 5.41) is 9.44. The van der Waals surface area contributed by atoms with E-state index in [0.29, 0.717) is 5.56 Å². The van der Waals surface area contributed by atoms with Crippen molar-refractivity contribution in [2.75, 3.05) is 0 Å². The van der Waals surface area contributed by atoms with Crippen molar-refractivity contribution in [2.24, 2.45) is 5.73 Å². The first-order valence-corrected chi connectivity index (χ1v) is 8.09. The molecule has 0 bridgehead atoms. The third-order valence-corrected chi connectivity index (χ3v) is 4.39. The Balaban J connectivity index is 2.30. The van der Waals surface area contributed by atoms with Crippen LogP contribution in [0.3, 0.4) is 0 Å². The summed E-state index contributed by atoms with van der Waals surface area (Å²) < 4.78 is 68.1. The Morgan fingerprint density at radius 2 is 1.75 bits per heavy atom. The number of phenols is 1. The maximum absolute atomic E-state index is 14.6. The van der Waals surface area contributed by atoms with E-state index in [-0.39, 0.29) is 28.5 Å². The van der Waals surface area contributed by atoms with Crippen LogP contribution in [0.25, 0.3) is 16.7 Å². The van der Waals surface area contributed by atoms with Gasteiger partial charge in [-0.05, 0) is 47.1 Å². The standard InChI is InChI=1S/C20H14F5NO2/c21-13-8-12(9-19(22,10-13)20(23,24)25)17-15(2-1-3-16(17)18(26)28)11-4-6-14(27)7-5-11/h1-9,27H,10H2,(H2,26,28). The molecule has 0 spiro atoms. The molecule has 2 aromatic carbocycles. The molecule has 0 heterocycles. The van der Waals surface area contributed by atoms with Crippen LogP contribution in [-0.4, -0.2) is 22.9 Å². The number of hydrogen-bond donors (Lipinski definition) is 2. The molecule has 146 valence electrons. The highest BCUT2D eigenvalue weighted by molar-refractivity contribution is 6.03. The maximum atomic E-state index is 14.6. The third kappa shape index (κ3) is 3.49. The second kappa shape index (κ2) is 6.78. The van der Waals surface area contributed by atoms with Gasteiger partial charge in [0.15, 0.2) is 0 Å². The van der Waals surface area contributed by atoms with Crippen LogP contribution in [0, 0.1) is 0 Å². The number of halogens is 5. The molecule has 1 aliphatic carbocycles. The van der Waals surface area contributed by atoms with Crippen molar-refractivity contribution in [1.29, 1.82) is 0 Å². The molecule has 0 saturated heterocycles. The van der Waals surface area contributed by atoms with Crippen LogP contribution < -0.4 is 5.73 Å². The molecule has 3 N–H and O–H groups in total. The number of benzene rings is 2. The van der Waals surface area contributed by atoms with Crippen molar-refractivity contribution in [2.45, 2.75) is 18.3 Å².